The fourth-order valence-electron chi connectivity index (χ4n) is 3.76. The van der Waals surface area contributed by atoms with Crippen LogP contribution in [0.3, 0.4) is 0 Å². The van der Waals surface area contributed by atoms with Crippen molar-refractivity contribution in [1.29, 1.82) is 0 Å². The van der Waals surface area contributed by atoms with Crippen LogP contribution in [-0.4, -0.2) is 63.2 Å². The smallest absolute Gasteiger partial charge is 0.315 e. The van der Waals surface area contributed by atoms with Gasteiger partial charge in [-0.1, -0.05) is 19.3 Å². The molecule has 0 aliphatic carbocycles. The molecule has 0 radical (unpaired) electrons. The summed E-state index contributed by atoms with van der Waals surface area (Å²) in [6.45, 7) is 0.502. The summed E-state index contributed by atoms with van der Waals surface area (Å²) in [5.74, 6) is -1.12. The first kappa shape index (κ1) is 22.3. The van der Waals surface area contributed by atoms with Gasteiger partial charge in [0.25, 0.3) is 0 Å². The lowest BCUT2D eigenvalue weighted by Gasteiger charge is -2.32. The van der Waals surface area contributed by atoms with E-state index < -0.39 is 16.7 Å². The summed E-state index contributed by atoms with van der Waals surface area (Å²) >= 11 is 1.52. The molecule has 2 aliphatic heterocycles. The Morgan fingerprint density at radius 3 is 2.32 bits per heavy atom. The number of hydrogen-bond acceptors (Lipinski definition) is 5. The highest BCUT2D eigenvalue weighted by Crippen LogP contribution is 2.44. The Hall–Kier alpha value is -1.97. The van der Waals surface area contributed by atoms with Crippen molar-refractivity contribution in [2.75, 3.05) is 12.3 Å². The van der Waals surface area contributed by atoms with Gasteiger partial charge in [0.15, 0.2) is 0 Å². The van der Waals surface area contributed by atoms with E-state index >= 15 is 0 Å². The van der Waals surface area contributed by atoms with E-state index in [-0.39, 0.29) is 36.9 Å². The van der Waals surface area contributed by atoms with Crippen LogP contribution >= 0.6 is 11.8 Å². The van der Waals surface area contributed by atoms with Crippen LogP contribution < -0.4 is 16.0 Å². The molecule has 0 aromatic heterocycles. The molecule has 0 bridgehead atoms. The predicted molar refractivity (Wildman–Crippen MR) is 104 cm³/mol. The van der Waals surface area contributed by atoms with Gasteiger partial charge >= 0.3 is 18.0 Å². The summed E-state index contributed by atoms with van der Waals surface area (Å²) in [7, 11) is 0. The van der Waals surface area contributed by atoms with Crippen LogP contribution in [0.5, 0.6) is 0 Å². The summed E-state index contributed by atoms with van der Waals surface area (Å²) < 4.78 is -0.786. The summed E-state index contributed by atoms with van der Waals surface area (Å²) in [6.07, 6.45) is 4.89. The number of rotatable bonds is 13. The van der Waals surface area contributed by atoms with Crippen molar-refractivity contribution in [1.82, 2.24) is 16.0 Å². The summed E-state index contributed by atoms with van der Waals surface area (Å²) in [6, 6.07) is -0.666. The first-order valence-electron chi connectivity index (χ1n) is 9.78. The van der Waals surface area contributed by atoms with Crippen molar-refractivity contribution in [3.8, 4) is 0 Å². The second kappa shape index (κ2) is 10.5. The maximum Gasteiger partial charge on any atom is 0.315 e. The Morgan fingerprint density at radius 2 is 1.64 bits per heavy atom. The SMILES string of the molecule is O=C(O)CCCCCCNC(=O)[C@@]1(CCCCC(=O)O)SC[C@@H]2NC(=O)N[C@@H]21. The lowest BCUT2D eigenvalue weighted by atomic mass is 9.88. The van der Waals surface area contributed by atoms with Crippen molar-refractivity contribution in [3.63, 3.8) is 0 Å². The zero-order valence-electron chi connectivity index (χ0n) is 15.9. The standard InChI is InChI=1S/C18H29N3O6S/c22-13(23)7-3-1-2-6-10-19-16(26)18(9-5-4-8-14(24)25)15-12(11-28-18)20-17(27)21-15/h12,15H,1-11H2,(H,19,26)(H,22,23)(H,24,25)(H2,20,21,27)/t12-,15-,18-/m0/s1. The number of carboxylic acids is 2. The minimum Gasteiger partial charge on any atom is -0.481 e. The molecule has 0 saturated carbocycles. The molecule has 10 heteroatoms. The zero-order chi connectivity index (χ0) is 20.6. The van der Waals surface area contributed by atoms with Gasteiger partial charge in [-0.15, -0.1) is 11.8 Å². The van der Waals surface area contributed by atoms with Crippen LogP contribution in [0.2, 0.25) is 0 Å². The lowest BCUT2D eigenvalue weighted by molar-refractivity contribution is -0.138. The summed E-state index contributed by atoms with van der Waals surface area (Å²) in [5.41, 5.74) is 0. The van der Waals surface area contributed by atoms with Gasteiger partial charge in [0.1, 0.15) is 4.75 Å². The van der Waals surface area contributed by atoms with Gasteiger partial charge < -0.3 is 26.2 Å². The Morgan fingerprint density at radius 1 is 1.00 bits per heavy atom. The molecule has 0 aromatic carbocycles. The van der Waals surface area contributed by atoms with E-state index in [1.165, 1.54) is 11.8 Å². The molecule has 5 N–H and O–H groups in total. The number of nitrogens with one attached hydrogen (secondary N) is 3. The lowest BCUT2D eigenvalue weighted by Crippen LogP contribution is -2.56. The third kappa shape index (κ3) is 6.02. The first-order valence-corrected chi connectivity index (χ1v) is 10.8. The second-order valence-electron chi connectivity index (χ2n) is 7.32. The number of carbonyl (C=O) groups is 4. The molecular weight excluding hydrogens is 386 g/mol. The summed E-state index contributed by atoms with van der Waals surface area (Å²) in [5, 5.41) is 26.1. The van der Waals surface area contributed by atoms with Crippen molar-refractivity contribution >= 4 is 35.6 Å². The number of fused-ring (bicyclic) bond motifs is 1. The van der Waals surface area contributed by atoms with Crippen LogP contribution in [0.1, 0.15) is 57.8 Å². The molecule has 28 heavy (non-hydrogen) atoms. The topological polar surface area (TPSA) is 145 Å². The maximum absolute atomic E-state index is 13.0. The molecule has 9 nitrogen and oxygen atoms in total. The highest BCUT2D eigenvalue weighted by Gasteiger charge is 2.57. The normalized spacial score (nSPS) is 25.6. The highest BCUT2D eigenvalue weighted by molar-refractivity contribution is 8.01. The Balaban J connectivity index is 1.84. The minimum absolute atomic E-state index is 0.0669. The van der Waals surface area contributed by atoms with E-state index in [1.807, 2.05) is 0 Å². The molecule has 2 rings (SSSR count). The van der Waals surface area contributed by atoms with Crippen LogP contribution in [0, 0.1) is 0 Å². The molecule has 3 amide bonds. The number of unbranched alkanes of at least 4 members (excludes halogenated alkanes) is 4. The van der Waals surface area contributed by atoms with Gasteiger partial charge in [0.2, 0.25) is 5.91 Å². The van der Waals surface area contributed by atoms with E-state index in [1.54, 1.807) is 0 Å². The van der Waals surface area contributed by atoms with Crippen molar-refractivity contribution < 1.29 is 29.4 Å². The molecule has 2 saturated heterocycles. The number of hydrogen-bond donors (Lipinski definition) is 5. The third-order valence-electron chi connectivity index (χ3n) is 5.20. The number of urea groups is 1. The first-order chi connectivity index (χ1) is 13.3. The van der Waals surface area contributed by atoms with Crippen LogP contribution in [-0.2, 0) is 14.4 Å². The van der Waals surface area contributed by atoms with E-state index in [9.17, 15) is 19.2 Å². The number of carboxylic acid groups (broad SMARTS) is 2. The Bertz CT molecular complexity index is 602. The fraction of sp³-hybridized carbons (Fsp3) is 0.778. The van der Waals surface area contributed by atoms with Gasteiger partial charge in [-0.3, -0.25) is 14.4 Å². The molecule has 2 fully saturated rings. The van der Waals surface area contributed by atoms with Gasteiger partial charge in [-0.05, 0) is 25.7 Å². The minimum atomic E-state index is -0.853. The van der Waals surface area contributed by atoms with E-state index in [4.69, 9.17) is 10.2 Å². The maximum atomic E-state index is 13.0. The molecule has 2 aliphatic rings. The van der Waals surface area contributed by atoms with Crippen molar-refractivity contribution in [2.24, 2.45) is 0 Å². The number of aliphatic carboxylic acids is 2. The van der Waals surface area contributed by atoms with Crippen LogP contribution in [0.15, 0.2) is 0 Å². The molecule has 0 aromatic rings. The van der Waals surface area contributed by atoms with Gasteiger partial charge in [-0.2, -0.15) is 0 Å². The highest BCUT2D eigenvalue weighted by atomic mass is 32.2. The molecule has 158 valence electrons. The van der Waals surface area contributed by atoms with Crippen molar-refractivity contribution in [3.05, 3.63) is 0 Å². The summed E-state index contributed by atoms with van der Waals surface area (Å²) in [4.78, 5) is 46.0. The van der Waals surface area contributed by atoms with Gasteiger partial charge in [0.05, 0.1) is 12.1 Å². The Kier molecular flexibility index (Phi) is 8.40. The molecule has 3 atom stereocenters. The predicted octanol–water partition coefficient (Wildman–Crippen LogP) is 1.32. The molecule has 0 unspecified atom stereocenters. The van der Waals surface area contributed by atoms with E-state index in [0.29, 0.717) is 38.0 Å². The monoisotopic (exact) mass is 415 g/mol. The largest absolute Gasteiger partial charge is 0.481 e. The van der Waals surface area contributed by atoms with Gasteiger partial charge in [0, 0.05) is 25.1 Å². The molecule has 2 heterocycles. The van der Waals surface area contributed by atoms with Gasteiger partial charge in [-0.25, -0.2) is 4.79 Å². The second-order valence-corrected chi connectivity index (χ2v) is 8.67. The quantitative estimate of drug-likeness (QED) is 0.225. The fourth-order valence-corrected chi connectivity index (χ4v) is 5.41. The van der Waals surface area contributed by atoms with Crippen molar-refractivity contribution in [2.45, 2.75) is 74.6 Å². The van der Waals surface area contributed by atoms with E-state index in [2.05, 4.69) is 16.0 Å². The zero-order valence-corrected chi connectivity index (χ0v) is 16.7. The van der Waals surface area contributed by atoms with Crippen LogP contribution in [0.4, 0.5) is 4.79 Å². The molecular formula is C18H29N3O6S. The third-order valence-corrected chi connectivity index (χ3v) is 6.89. The number of amides is 3. The average molecular weight is 416 g/mol. The molecule has 0 spiro atoms. The van der Waals surface area contributed by atoms with E-state index in [0.717, 1.165) is 19.3 Å². The van der Waals surface area contributed by atoms with Crippen LogP contribution in [0.25, 0.3) is 0 Å². The number of thioether (sulfide) groups is 1. The Labute approximate surface area is 168 Å². The number of carbonyl (C=O) groups excluding carboxylic acids is 2. The average Bonchev–Trinajstić information content (AvgIpc) is 3.15.